The quantitative estimate of drug-likeness (QED) is 0.686. The van der Waals surface area contributed by atoms with Gasteiger partial charge in [-0.3, -0.25) is 9.59 Å². The fourth-order valence-electron chi connectivity index (χ4n) is 3.28. The highest BCUT2D eigenvalue weighted by Crippen LogP contribution is 2.29. The zero-order chi connectivity index (χ0) is 22.4. The molecule has 1 aliphatic rings. The molecule has 1 fully saturated rings. The lowest BCUT2D eigenvalue weighted by atomic mass is 9.87. The number of anilines is 2. The number of esters is 1. The van der Waals surface area contributed by atoms with Crippen molar-refractivity contribution in [1.29, 1.82) is 0 Å². The fourth-order valence-corrected chi connectivity index (χ4v) is 3.28. The first-order valence-electron chi connectivity index (χ1n) is 10.3. The maximum atomic E-state index is 12.2. The summed E-state index contributed by atoms with van der Waals surface area (Å²) in [7, 11) is 0. The number of para-hydroxylation sites is 2. The van der Waals surface area contributed by atoms with Gasteiger partial charge in [-0.2, -0.15) is 0 Å². The summed E-state index contributed by atoms with van der Waals surface area (Å²) >= 11 is 0. The van der Waals surface area contributed by atoms with Crippen LogP contribution in [0.2, 0.25) is 0 Å². The van der Waals surface area contributed by atoms with E-state index >= 15 is 0 Å². The second-order valence-corrected chi connectivity index (χ2v) is 8.44. The normalized spacial score (nSPS) is 13.8. The fraction of sp³-hybridized carbons (Fsp3) is 0.375. The highest BCUT2D eigenvalue weighted by Gasteiger charge is 2.24. The minimum atomic E-state index is -0.641. The van der Waals surface area contributed by atoms with E-state index in [-0.39, 0.29) is 17.9 Å². The predicted octanol–water partition coefficient (Wildman–Crippen LogP) is 3.67. The highest BCUT2D eigenvalue weighted by atomic mass is 16.6. The van der Waals surface area contributed by atoms with E-state index < -0.39 is 18.5 Å². The van der Waals surface area contributed by atoms with Crippen LogP contribution in [0, 0.1) is 0 Å². The summed E-state index contributed by atoms with van der Waals surface area (Å²) in [5.74, 6) is -0.542. The van der Waals surface area contributed by atoms with E-state index in [0.29, 0.717) is 30.1 Å². The summed E-state index contributed by atoms with van der Waals surface area (Å²) in [4.78, 5) is 37.8. The van der Waals surface area contributed by atoms with Crippen LogP contribution in [0.15, 0.2) is 48.5 Å². The van der Waals surface area contributed by atoms with Crippen LogP contribution in [0.1, 0.15) is 39.2 Å². The number of nitrogens with zero attached hydrogens (tertiary/aromatic N) is 1. The lowest BCUT2D eigenvalue weighted by Crippen LogP contribution is -2.27. The molecule has 31 heavy (non-hydrogen) atoms. The van der Waals surface area contributed by atoms with Crippen molar-refractivity contribution in [3.05, 3.63) is 54.1 Å². The number of ether oxygens (including phenoxy) is 2. The molecule has 0 unspecified atom stereocenters. The molecular formula is C24H28N2O5. The molecule has 2 aromatic rings. The Morgan fingerprint density at radius 3 is 2.39 bits per heavy atom. The minimum Gasteiger partial charge on any atom is -0.482 e. The molecule has 0 bridgehead atoms. The van der Waals surface area contributed by atoms with Gasteiger partial charge in [0.2, 0.25) is 5.91 Å². The average Bonchev–Trinajstić information content (AvgIpc) is 3.16. The lowest BCUT2D eigenvalue weighted by Gasteiger charge is -2.20. The SMILES string of the molecule is CC(C)(C)c1ccc(OCC(=O)OCC(=O)Nc2ccccc2N2CCCC2=O)cc1. The monoisotopic (exact) mass is 424 g/mol. The number of carbonyl (C=O) groups excluding carboxylic acids is 3. The van der Waals surface area contributed by atoms with Gasteiger partial charge in [0.25, 0.3) is 5.91 Å². The predicted molar refractivity (Wildman–Crippen MR) is 118 cm³/mol. The first-order valence-corrected chi connectivity index (χ1v) is 10.3. The van der Waals surface area contributed by atoms with Crippen molar-refractivity contribution in [3.63, 3.8) is 0 Å². The molecule has 1 saturated heterocycles. The summed E-state index contributed by atoms with van der Waals surface area (Å²) in [6.07, 6.45) is 1.29. The second kappa shape index (κ2) is 9.64. The zero-order valence-corrected chi connectivity index (χ0v) is 18.1. The molecule has 0 aromatic heterocycles. The van der Waals surface area contributed by atoms with Crippen LogP contribution in [-0.2, 0) is 24.5 Å². The number of hydrogen-bond donors (Lipinski definition) is 1. The molecule has 0 aliphatic carbocycles. The van der Waals surface area contributed by atoms with Crippen molar-refractivity contribution in [1.82, 2.24) is 0 Å². The van der Waals surface area contributed by atoms with Crippen molar-refractivity contribution in [3.8, 4) is 5.75 Å². The molecule has 2 aromatic carbocycles. The van der Waals surface area contributed by atoms with Gasteiger partial charge in [-0.1, -0.05) is 45.0 Å². The van der Waals surface area contributed by atoms with Gasteiger partial charge in [-0.25, -0.2) is 4.79 Å². The van der Waals surface area contributed by atoms with Crippen LogP contribution in [0.4, 0.5) is 11.4 Å². The lowest BCUT2D eigenvalue weighted by molar-refractivity contribution is -0.149. The molecule has 7 nitrogen and oxygen atoms in total. The molecule has 3 rings (SSSR count). The Labute approximate surface area is 182 Å². The van der Waals surface area contributed by atoms with Crippen molar-refractivity contribution in [2.45, 2.75) is 39.0 Å². The number of benzene rings is 2. The molecule has 164 valence electrons. The maximum absolute atomic E-state index is 12.2. The van der Waals surface area contributed by atoms with Crippen LogP contribution in [0.3, 0.4) is 0 Å². The second-order valence-electron chi connectivity index (χ2n) is 8.44. The van der Waals surface area contributed by atoms with Gasteiger partial charge in [0, 0.05) is 13.0 Å². The Morgan fingerprint density at radius 2 is 1.74 bits per heavy atom. The third-order valence-corrected chi connectivity index (χ3v) is 4.98. The van der Waals surface area contributed by atoms with Gasteiger partial charge < -0.3 is 19.7 Å². The average molecular weight is 424 g/mol. The van der Waals surface area contributed by atoms with Crippen LogP contribution < -0.4 is 15.0 Å². The summed E-state index contributed by atoms with van der Waals surface area (Å²) in [6, 6.07) is 14.6. The largest absolute Gasteiger partial charge is 0.482 e. The standard InChI is InChI=1S/C24H28N2O5/c1-24(2,3)17-10-12-18(13-11-17)30-16-23(29)31-15-21(27)25-19-7-4-5-8-20(19)26-14-6-9-22(26)28/h4-5,7-8,10-13H,6,9,14-16H2,1-3H3,(H,25,27). The third kappa shape index (κ3) is 6.07. The zero-order valence-electron chi connectivity index (χ0n) is 18.1. The number of rotatable bonds is 7. The summed E-state index contributed by atoms with van der Waals surface area (Å²) < 4.78 is 10.4. The molecule has 1 heterocycles. The van der Waals surface area contributed by atoms with Gasteiger partial charge in [-0.15, -0.1) is 0 Å². The number of amides is 2. The van der Waals surface area contributed by atoms with Crippen molar-refractivity contribution in [2.75, 3.05) is 30.0 Å². The van der Waals surface area contributed by atoms with E-state index in [0.717, 1.165) is 12.0 Å². The molecular weight excluding hydrogens is 396 g/mol. The van der Waals surface area contributed by atoms with E-state index in [4.69, 9.17) is 9.47 Å². The number of nitrogens with one attached hydrogen (secondary N) is 1. The van der Waals surface area contributed by atoms with E-state index in [1.54, 1.807) is 35.2 Å². The Bertz CT molecular complexity index is 947. The van der Waals surface area contributed by atoms with Gasteiger partial charge in [0.05, 0.1) is 11.4 Å². The van der Waals surface area contributed by atoms with Crippen LogP contribution in [0.25, 0.3) is 0 Å². The highest BCUT2D eigenvalue weighted by molar-refractivity contribution is 6.02. The van der Waals surface area contributed by atoms with Crippen molar-refractivity contribution < 1.29 is 23.9 Å². The Balaban J connectivity index is 1.47. The van der Waals surface area contributed by atoms with Crippen molar-refractivity contribution in [2.24, 2.45) is 0 Å². The Kier molecular flexibility index (Phi) is 6.95. The van der Waals surface area contributed by atoms with E-state index in [1.807, 2.05) is 18.2 Å². The van der Waals surface area contributed by atoms with E-state index in [1.165, 1.54) is 0 Å². The van der Waals surface area contributed by atoms with Gasteiger partial charge >= 0.3 is 5.97 Å². The van der Waals surface area contributed by atoms with Crippen LogP contribution in [0.5, 0.6) is 5.75 Å². The molecule has 0 spiro atoms. The van der Waals surface area contributed by atoms with E-state index in [2.05, 4.69) is 26.1 Å². The molecule has 0 saturated carbocycles. The molecule has 0 radical (unpaired) electrons. The summed E-state index contributed by atoms with van der Waals surface area (Å²) in [5, 5.41) is 2.71. The molecule has 1 N–H and O–H groups in total. The molecule has 2 amide bonds. The van der Waals surface area contributed by atoms with Crippen LogP contribution in [-0.4, -0.2) is 37.5 Å². The molecule has 0 atom stereocenters. The Morgan fingerprint density at radius 1 is 1.03 bits per heavy atom. The van der Waals surface area contributed by atoms with Gasteiger partial charge in [-0.05, 0) is 41.7 Å². The van der Waals surface area contributed by atoms with E-state index in [9.17, 15) is 14.4 Å². The van der Waals surface area contributed by atoms with Gasteiger partial charge in [0.1, 0.15) is 5.75 Å². The maximum Gasteiger partial charge on any atom is 0.344 e. The Hall–Kier alpha value is -3.35. The summed E-state index contributed by atoms with van der Waals surface area (Å²) in [5.41, 5.74) is 2.35. The van der Waals surface area contributed by atoms with Gasteiger partial charge in [0.15, 0.2) is 13.2 Å². The first-order chi connectivity index (χ1) is 14.7. The molecule has 7 heteroatoms. The minimum absolute atomic E-state index is 0.0285. The number of carbonyl (C=O) groups is 3. The summed E-state index contributed by atoms with van der Waals surface area (Å²) in [6.45, 7) is 6.25. The smallest absolute Gasteiger partial charge is 0.344 e. The first kappa shape index (κ1) is 22.3. The number of hydrogen-bond acceptors (Lipinski definition) is 5. The van der Waals surface area contributed by atoms with Crippen LogP contribution >= 0.6 is 0 Å². The third-order valence-electron chi connectivity index (χ3n) is 4.98. The molecule has 1 aliphatic heterocycles. The van der Waals surface area contributed by atoms with Crippen molar-refractivity contribution >= 4 is 29.2 Å². The topological polar surface area (TPSA) is 84.9 Å².